The standard InChI is InChI=1S/C7H12N4O/c1-2-5-11-6(3-4-9-11)7(8)10-12/h3-4,12H,2,5H2,1H3,(H2,8,10). The van der Waals surface area contributed by atoms with E-state index in [-0.39, 0.29) is 5.84 Å². The lowest BCUT2D eigenvalue weighted by Crippen LogP contribution is -2.19. The highest BCUT2D eigenvalue weighted by atomic mass is 16.4. The van der Waals surface area contributed by atoms with Crippen molar-refractivity contribution in [3.05, 3.63) is 18.0 Å². The van der Waals surface area contributed by atoms with E-state index >= 15 is 0 Å². The zero-order valence-corrected chi connectivity index (χ0v) is 6.94. The van der Waals surface area contributed by atoms with Crippen LogP contribution in [0.2, 0.25) is 0 Å². The van der Waals surface area contributed by atoms with Crippen molar-refractivity contribution < 1.29 is 5.21 Å². The van der Waals surface area contributed by atoms with Crippen molar-refractivity contribution in [3.8, 4) is 0 Å². The van der Waals surface area contributed by atoms with Crippen LogP contribution in [0.15, 0.2) is 17.4 Å². The fourth-order valence-electron chi connectivity index (χ4n) is 0.991. The molecule has 0 aliphatic heterocycles. The van der Waals surface area contributed by atoms with Crippen LogP contribution < -0.4 is 5.73 Å². The summed E-state index contributed by atoms with van der Waals surface area (Å²) in [7, 11) is 0. The van der Waals surface area contributed by atoms with Crippen LogP contribution in [0.4, 0.5) is 0 Å². The Morgan fingerprint density at radius 3 is 3.17 bits per heavy atom. The number of oxime groups is 1. The molecular weight excluding hydrogens is 156 g/mol. The lowest BCUT2D eigenvalue weighted by molar-refractivity contribution is 0.318. The topological polar surface area (TPSA) is 76.4 Å². The minimum Gasteiger partial charge on any atom is -0.409 e. The Bertz CT molecular complexity index is 279. The number of hydrogen-bond donors (Lipinski definition) is 2. The molecule has 1 rings (SSSR count). The quantitative estimate of drug-likeness (QED) is 0.296. The van der Waals surface area contributed by atoms with Crippen molar-refractivity contribution in [2.75, 3.05) is 0 Å². The SMILES string of the molecule is CCCn1nccc1/C(N)=N/O. The molecule has 0 saturated heterocycles. The average Bonchev–Trinajstić information content (AvgIpc) is 2.52. The molecule has 0 bridgehead atoms. The summed E-state index contributed by atoms with van der Waals surface area (Å²) in [6, 6.07) is 1.71. The third kappa shape index (κ3) is 1.55. The van der Waals surface area contributed by atoms with E-state index in [1.54, 1.807) is 16.9 Å². The Balaban J connectivity index is 2.91. The van der Waals surface area contributed by atoms with Crippen molar-refractivity contribution in [1.82, 2.24) is 9.78 Å². The second-order valence-corrected chi connectivity index (χ2v) is 2.42. The summed E-state index contributed by atoms with van der Waals surface area (Å²) in [6.07, 6.45) is 2.59. The first-order valence-electron chi connectivity index (χ1n) is 3.79. The molecule has 0 aromatic carbocycles. The van der Waals surface area contributed by atoms with Gasteiger partial charge in [0, 0.05) is 12.7 Å². The summed E-state index contributed by atoms with van der Waals surface area (Å²) in [5.41, 5.74) is 6.06. The fraction of sp³-hybridized carbons (Fsp3) is 0.429. The van der Waals surface area contributed by atoms with Crippen LogP contribution >= 0.6 is 0 Å². The molecule has 1 aromatic rings. The van der Waals surface area contributed by atoms with E-state index in [4.69, 9.17) is 10.9 Å². The molecule has 3 N–H and O–H groups in total. The van der Waals surface area contributed by atoms with Crippen LogP contribution in [0, 0.1) is 0 Å². The number of aryl methyl sites for hydroxylation is 1. The summed E-state index contributed by atoms with van der Waals surface area (Å²) in [5, 5.41) is 15.3. The summed E-state index contributed by atoms with van der Waals surface area (Å²) in [6.45, 7) is 2.82. The molecule has 0 fully saturated rings. The molecule has 0 aliphatic rings. The van der Waals surface area contributed by atoms with E-state index in [1.165, 1.54) is 0 Å². The number of hydrogen-bond acceptors (Lipinski definition) is 3. The largest absolute Gasteiger partial charge is 0.409 e. The monoisotopic (exact) mass is 168 g/mol. The Kier molecular flexibility index (Phi) is 2.68. The smallest absolute Gasteiger partial charge is 0.188 e. The molecule has 0 atom stereocenters. The number of aromatic nitrogens is 2. The third-order valence-corrected chi connectivity index (χ3v) is 1.52. The van der Waals surface area contributed by atoms with Gasteiger partial charge in [-0.3, -0.25) is 4.68 Å². The van der Waals surface area contributed by atoms with Crippen molar-refractivity contribution in [2.45, 2.75) is 19.9 Å². The maximum atomic E-state index is 8.42. The zero-order valence-electron chi connectivity index (χ0n) is 6.94. The van der Waals surface area contributed by atoms with Gasteiger partial charge < -0.3 is 10.9 Å². The first kappa shape index (κ1) is 8.58. The van der Waals surface area contributed by atoms with Crippen LogP contribution in [-0.2, 0) is 6.54 Å². The lowest BCUT2D eigenvalue weighted by Gasteiger charge is -2.02. The first-order chi connectivity index (χ1) is 5.79. The minimum atomic E-state index is 0.0981. The van der Waals surface area contributed by atoms with E-state index in [0.29, 0.717) is 5.69 Å². The van der Waals surface area contributed by atoms with Gasteiger partial charge in [0.2, 0.25) is 0 Å². The van der Waals surface area contributed by atoms with Gasteiger partial charge in [0.15, 0.2) is 5.84 Å². The highest BCUT2D eigenvalue weighted by molar-refractivity contribution is 5.95. The maximum Gasteiger partial charge on any atom is 0.188 e. The summed E-state index contributed by atoms with van der Waals surface area (Å²) >= 11 is 0. The van der Waals surface area contributed by atoms with Crippen LogP contribution in [0.3, 0.4) is 0 Å². The summed E-state index contributed by atoms with van der Waals surface area (Å²) < 4.78 is 1.70. The van der Waals surface area contributed by atoms with E-state index in [0.717, 1.165) is 13.0 Å². The van der Waals surface area contributed by atoms with Gasteiger partial charge in [0.05, 0.1) is 0 Å². The molecule has 1 heterocycles. The minimum absolute atomic E-state index is 0.0981. The normalized spacial score (nSPS) is 11.9. The van der Waals surface area contributed by atoms with Gasteiger partial charge in [-0.15, -0.1) is 0 Å². The van der Waals surface area contributed by atoms with Crippen LogP contribution in [0.5, 0.6) is 0 Å². The molecule has 0 aliphatic carbocycles. The van der Waals surface area contributed by atoms with Gasteiger partial charge in [-0.1, -0.05) is 12.1 Å². The molecule has 0 radical (unpaired) electrons. The van der Waals surface area contributed by atoms with Gasteiger partial charge in [-0.25, -0.2) is 0 Å². The number of rotatable bonds is 3. The lowest BCUT2D eigenvalue weighted by atomic mass is 10.4. The van der Waals surface area contributed by atoms with Crippen molar-refractivity contribution in [3.63, 3.8) is 0 Å². The van der Waals surface area contributed by atoms with Gasteiger partial charge in [-0.05, 0) is 12.5 Å². The molecule has 0 unspecified atom stereocenters. The second kappa shape index (κ2) is 3.75. The Hall–Kier alpha value is -1.52. The van der Waals surface area contributed by atoms with E-state index in [1.807, 2.05) is 6.92 Å². The molecule has 1 aromatic heterocycles. The van der Waals surface area contributed by atoms with Crippen molar-refractivity contribution in [1.29, 1.82) is 0 Å². The summed E-state index contributed by atoms with van der Waals surface area (Å²) in [4.78, 5) is 0. The zero-order chi connectivity index (χ0) is 8.97. The van der Waals surface area contributed by atoms with Crippen molar-refractivity contribution >= 4 is 5.84 Å². The number of amidine groups is 1. The van der Waals surface area contributed by atoms with Gasteiger partial charge >= 0.3 is 0 Å². The number of nitrogens with zero attached hydrogens (tertiary/aromatic N) is 3. The van der Waals surface area contributed by atoms with Gasteiger partial charge in [0.1, 0.15) is 5.69 Å². The Morgan fingerprint density at radius 2 is 2.58 bits per heavy atom. The van der Waals surface area contributed by atoms with Crippen molar-refractivity contribution in [2.24, 2.45) is 10.9 Å². The van der Waals surface area contributed by atoms with E-state index in [2.05, 4.69) is 10.3 Å². The van der Waals surface area contributed by atoms with Gasteiger partial charge in [-0.2, -0.15) is 5.10 Å². The molecule has 66 valence electrons. The van der Waals surface area contributed by atoms with E-state index in [9.17, 15) is 0 Å². The highest BCUT2D eigenvalue weighted by Crippen LogP contribution is 1.99. The predicted molar refractivity (Wildman–Crippen MR) is 45.0 cm³/mol. The Morgan fingerprint density at radius 1 is 1.83 bits per heavy atom. The number of nitrogens with two attached hydrogens (primary N) is 1. The van der Waals surface area contributed by atoms with Crippen LogP contribution in [0.1, 0.15) is 19.0 Å². The molecule has 0 saturated carbocycles. The molecule has 5 heteroatoms. The first-order valence-corrected chi connectivity index (χ1v) is 3.79. The third-order valence-electron chi connectivity index (χ3n) is 1.52. The molecule has 12 heavy (non-hydrogen) atoms. The molecule has 0 spiro atoms. The maximum absolute atomic E-state index is 8.42. The predicted octanol–water partition coefficient (Wildman–Crippen LogP) is 0.388. The van der Waals surface area contributed by atoms with Crippen LogP contribution in [0.25, 0.3) is 0 Å². The molecule has 0 amide bonds. The van der Waals surface area contributed by atoms with E-state index < -0.39 is 0 Å². The summed E-state index contributed by atoms with van der Waals surface area (Å²) in [5.74, 6) is 0.0981. The fourth-order valence-corrected chi connectivity index (χ4v) is 0.991. The molecular formula is C7H12N4O. The Labute approximate surface area is 70.5 Å². The highest BCUT2D eigenvalue weighted by Gasteiger charge is 2.04. The molecule has 5 nitrogen and oxygen atoms in total. The van der Waals surface area contributed by atoms with Crippen LogP contribution in [-0.4, -0.2) is 20.8 Å². The average molecular weight is 168 g/mol. The second-order valence-electron chi connectivity index (χ2n) is 2.42. The van der Waals surface area contributed by atoms with Gasteiger partial charge in [0.25, 0.3) is 0 Å².